The number of carbonyl (C=O) groups excluding carboxylic acids is 2. The molecule has 3 aliphatic rings. The van der Waals surface area contributed by atoms with E-state index < -0.39 is 5.92 Å². The second-order valence-electron chi connectivity index (χ2n) is 7.41. The van der Waals surface area contributed by atoms with Crippen LogP contribution in [0.3, 0.4) is 0 Å². The third kappa shape index (κ3) is 3.21. The first-order valence-electron chi connectivity index (χ1n) is 9.24. The summed E-state index contributed by atoms with van der Waals surface area (Å²) < 4.78 is 0. The number of rotatable bonds is 4. The molecule has 3 heterocycles. The van der Waals surface area contributed by atoms with Crippen LogP contribution in [0.5, 0.6) is 0 Å². The Morgan fingerprint density at radius 1 is 1.24 bits per heavy atom. The molecule has 134 valence electrons. The Balaban J connectivity index is 1.60. The first-order chi connectivity index (χ1) is 12.1. The highest BCUT2D eigenvalue weighted by atomic mass is 16.2. The Bertz CT molecular complexity index is 684. The van der Waals surface area contributed by atoms with E-state index >= 15 is 0 Å². The predicted molar refractivity (Wildman–Crippen MR) is 95.5 cm³/mol. The van der Waals surface area contributed by atoms with Crippen LogP contribution in [0.1, 0.15) is 27.9 Å². The largest absolute Gasteiger partial charge is 0.351 e. The molecule has 0 spiro atoms. The zero-order chi connectivity index (χ0) is 17.4. The summed E-state index contributed by atoms with van der Waals surface area (Å²) in [6.07, 6.45) is 0.904. The summed E-state index contributed by atoms with van der Waals surface area (Å²) in [5.41, 5.74) is 2.90. The van der Waals surface area contributed by atoms with Gasteiger partial charge in [0.25, 0.3) is 0 Å². The molecule has 6 nitrogen and oxygen atoms in total. The Morgan fingerprint density at radius 2 is 2.04 bits per heavy atom. The SMILES string of the molecule is Cc1ccc(C(=O)C2C(=O)NC3CCNC32)c(CN2CCNCC2)c1. The number of amides is 1. The average Bonchev–Trinajstić information content (AvgIpc) is 3.15. The van der Waals surface area contributed by atoms with Crippen LogP contribution in [-0.2, 0) is 11.3 Å². The molecule has 3 atom stereocenters. The van der Waals surface area contributed by atoms with E-state index in [-0.39, 0.29) is 23.8 Å². The number of ketones is 1. The zero-order valence-electron chi connectivity index (χ0n) is 14.7. The monoisotopic (exact) mass is 342 g/mol. The van der Waals surface area contributed by atoms with E-state index in [9.17, 15) is 9.59 Å². The molecule has 3 unspecified atom stereocenters. The highest BCUT2D eigenvalue weighted by Crippen LogP contribution is 2.28. The molecule has 3 saturated heterocycles. The number of benzene rings is 1. The molecule has 1 aromatic rings. The van der Waals surface area contributed by atoms with E-state index in [0.29, 0.717) is 5.56 Å². The van der Waals surface area contributed by atoms with Gasteiger partial charge in [0.05, 0.1) is 0 Å². The molecule has 0 radical (unpaired) electrons. The Kier molecular flexibility index (Phi) is 4.58. The van der Waals surface area contributed by atoms with Gasteiger partial charge in [-0.3, -0.25) is 14.5 Å². The van der Waals surface area contributed by atoms with Gasteiger partial charge in [0.15, 0.2) is 5.78 Å². The maximum Gasteiger partial charge on any atom is 0.232 e. The van der Waals surface area contributed by atoms with Crippen molar-refractivity contribution in [1.29, 1.82) is 0 Å². The minimum Gasteiger partial charge on any atom is -0.351 e. The van der Waals surface area contributed by atoms with E-state index in [1.54, 1.807) is 0 Å². The molecule has 25 heavy (non-hydrogen) atoms. The lowest BCUT2D eigenvalue weighted by molar-refractivity contribution is -0.121. The maximum atomic E-state index is 13.2. The number of aryl methyl sites for hydroxylation is 1. The van der Waals surface area contributed by atoms with Crippen molar-refractivity contribution in [2.24, 2.45) is 5.92 Å². The molecule has 3 fully saturated rings. The average molecular weight is 342 g/mol. The molecule has 0 aliphatic carbocycles. The van der Waals surface area contributed by atoms with Crippen LogP contribution in [-0.4, -0.2) is 61.4 Å². The number of nitrogens with zero attached hydrogens (tertiary/aromatic N) is 1. The van der Waals surface area contributed by atoms with Gasteiger partial charge in [0.1, 0.15) is 5.92 Å². The van der Waals surface area contributed by atoms with Gasteiger partial charge in [-0.05, 0) is 25.5 Å². The molecular formula is C19H26N4O2. The zero-order valence-corrected chi connectivity index (χ0v) is 14.7. The van der Waals surface area contributed by atoms with Crippen molar-refractivity contribution in [2.75, 3.05) is 32.7 Å². The summed E-state index contributed by atoms with van der Waals surface area (Å²) >= 11 is 0. The van der Waals surface area contributed by atoms with Gasteiger partial charge >= 0.3 is 0 Å². The lowest BCUT2D eigenvalue weighted by atomic mass is 9.88. The predicted octanol–water partition coefficient (Wildman–Crippen LogP) is 0.0594. The van der Waals surface area contributed by atoms with E-state index in [1.807, 2.05) is 19.1 Å². The summed E-state index contributed by atoms with van der Waals surface area (Å²) in [6, 6.07) is 6.02. The minimum atomic E-state index is -0.600. The summed E-state index contributed by atoms with van der Waals surface area (Å²) in [5.74, 6) is -0.762. The van der Waals surface area contributed by atoms with Gasteiger partial charge in [0, 0.05) is 50.4 Å². The van der Waals surface area contributed by atoms with E-state index in [1.165, 1.54) is 0 Å². The number of piperazine rings is 1. The third-order valence-electron chi connectivity index (χ3n) is 5.65. The molecule has 0 bridgehead atoms. The highest BCUT2D eigenvalue weighted by molar-refractivity contribution is 6.12. The smallest absolute Gasteiger partial charge is 0.232 e. The molecule has 1 aromatic carbocycles. The highest BCUT2D eigenvalue weighted by Gasteiger charge is 2.48. The Morgan fingerprint density at radius 3 is 2.84 bits per heavy atom. The van der Waals surface area contributed by atoms with Crippen LogP contribution >= 0.6 is 0 Å². The number of carbonyl (C=O) groups is 2. The normalized spacial score (nSPS) is 29.5. The van der Waals surface area contributed by atoms with Crippen molar-refractivity contribution in [3.05, 3.63) is 34.9 Å². The molecular weight excluding hydrogens is 316 g/mol. The quantitative estimate of drug-likeness (QED) is 0.533. The lowest BCUT2D eigenvalue weighted by Crippen LogP contribution is -2.43. The Hall–Kier alpha value is -1.76. The fourth-order valence-electron chi connectivity index (χ4n) is 4.33. The summed E-state index contributed by atoms with van der Waals surface area (Å²) in [5, 5.41) is 9.68. The van der Waals surface area contributed by atoms with Crippen LogP contribution in [0.15, 0.2) is 18.2 Å². The molecule has 3 N–H and O–H groups in total. The number of hydrogen-bond acceptors (Lipinski definition) is 5. The van der Waals surface area contributed by atoms with Crippen LogP contribution < -0.4 is 16.0 Å². The van der Waals surface area contributed by atoms with E-state index in [4.69, 9.17) is 0 Å². The minimum absolute atomic E-state index is 0.0375. The van der Waals surface area contributed by atoms with E-state index in [0.717, 1.165) is 56.8 Å². The fraction of sp³-hybridized carbons (Fsp3) is 0.579. The Labute approximate surface area is 148 Å². The maximum absolute atomic E-state index is 13.2. The van der Waals surface area contributed by atoms with Gasteiger partial charge in [-0.15, -0.1) is 0 Å². The molecule has 6 heteroatoms. The summed E-state index contributed by atoms with van der Waals surface area (Å²) in [7, 11) is 0. The van der Waals surface area contributed by atoms with Crippen LogP contribution in [0.25, 0.3) is 0 Å². The topological polar surface area (TPSA) is 73.5 Å². The second-order valence-corrected chi connectivity index (χ2v) is 7.41. The summed E-state index contributed by atoms with van der Waals surface area (Å²) in [6.45, 7) is 7.60. The van der Waals surface area contributed by atoms with Crippen LogP contribution in [0, 0.1) is 12.8 Å². The van der Waals surface area contributed by atoms with Gasteiger partial charge in [-0.25, -0.2) is 0 Å². The van der Waals surface area contributed by atoms with Crippen LogP contribution in [0.4, 0.5) is 0 Å². The molecule has 0 aromatic heterocycles. The number of hydrogen-bond donors (Lipinski definition) is 3. The molecule has 0 saturated carbocycles. The summed E-state index contributed by atoms with van der Waals surface area (Å²) in [4.78, 5) is 28.0. The van der Waals surface area contributed by atoms with Gasteiger partial charge in [0.2, 0.25) is 5.91 Å². The second kappa shape index (κ2) is 6.86. The molecule has 1 amide bonds. The van der Waals surface area contributed by atoms with Crippen molar-refractivity contribution >= 4 is 11.7 Å². The number of fused-ring (bicyclic) bond motifs is 1. The first-order valence-corrected chi connectivity index (χ1v) is 9.24. The first kappa shape index (κ1) is 16.7. The van der Waals surface area contributed by atoms with Crippen molar-refractivity contribution < 1.29 is 9.59 Å². The fourth-order valence-corrected chi connectivity index (χ4v) is 4.33. The van der Waals surface area contributed by atoms with Gasteiger partial charge in [-0.1, -0.05) is 23.8 Å². The van der Waals surface area contributed by atoms with E-state index in [2.05, 4.69) is 26.9 Å². The number of nitrogens with one attached hydrogen (secondary N) is 3. The van der Waals surface area contributed by atoms with Gasteiger partial charge in [-0.2, -0.15) is 0 Å². The van der Waals surface area contributed by atoms with Crippen molar-refractivity contribution in [1.82, 2.24) is 20.9 Å². The lowest BCUT2D eigenvalue weighted by Gasteiger charge is -2.28. The molecule has 4 rings (SSSR count). The van der Waals surface area contributed by atoms with Gasteiger partial charge < -0.3 is 16.0 Å². The van der Waals surface area contributed by atoms with Crippen molar-refractivity contribution in [3.63, 3.8) is 0 Å². The molecule has 3 aliphatic heterocycles. The van der Waals surface area contributed by atoms with Crippen LogP contribution in [0.2, 0.25) is 0 Å². The third-order valence-corrected chi connectivity index (χ3v) is 5.65. The van der Waals surface area contributed by atoms with Crippen molar-refractivity contribution in [3.8, 4) is 0 Å². The number of Topliss-reactive ketones (excluding diaryl/α,β-unsaturated/α-hetero) is 1. The van der Waals surface area contributed by atoms with Crippen molar-refractivity contribution in [2.45, 2.75) is 32.0 Å². The standard InChI is InChI=1S/C19H26N4O2/c1-12-2-3-14(13(10-12)11-23-8-6-20-7-9-23)18(24)16-17-15(4-5-21-17)22-19(16)25/h2-3,10,15-17,20-21H,4-9,11H2,1H3,(H,22,25).